The van der Waals surface area contributed by atoms with Crippen molar-refractivity contribution in [2.75, 3.05) is 6.54 Å². The van der Waals surface area contributed by atoms with E-state index >= 15 is 0 Å². The maximum absolute atomic E-state index is 12.6. The lowest BCUT2D eigenvalue weighted by molar-refractivity contribution is -0.142. The molecule has 1 amide bonds. The number of hydrogen-bond acceptors (Lipinski definition) is 3. The van der Waals surface area contributed by atoms with Crippen LogP contribution in [0.5, 0.6) is 0 Å². The molecule has 1 fully saturated rings. The number of hydrogen-bond donors (Lipinski definition) is 2. The van der Waals surface area contributed by atoms with Crippen LogP contribution in [0.4, 0.5) is 0 Å². The third-order valence-electron chi connectivity index (χ3n) is 4.34. The summed E-state index contributed by atoms with van der Waals surface area (Å²) in [6.45, 7) is 7.14. The van der Waals surface area contributed by atoms with Crippen LogP contribution in [-0.2, 0) is 4.79 Å². The predicted molar refractivity (Wildman–Crippen MR) is 76.5 cm³/mol. The minimum absolute atomic E-state index is 0.0850. The van der Waals surface area contributed by atoms with Gasteiger partial charge in [0.05, 0.1) is 5.92 Å². The fourth-order valence-corrected chi connectivity index (χ4v) is 3.19. The topological polar surface area (TPSA) is 90.5 Å². The molecule has 1 aromatic rings. The van der Waals surface area contributed by atoms with Crippen molar-refractivity contribution in [3.8, 4) is 0 Å². The van der Waals surface area contributed by atoms with Gasteiger partial charge in [-0.15, -0.1) is 0 Å². The lowest BCUT2D eigenvalue weighted by Gasteiger charge is -2.23. The molecule has 1 aliphatic heterocycles. The van der Waals surface area contributed by atoms with E-state index in [0.29, 0.717) is 35.5 Å². The van der Waals surface area contributed by atoms with Gasteiger partial charge < -0.3 is 15.0 Å². The molecule has 0 radical (unpaired) electrons. The van der Waals surface area contributed by atoms with Crippen LogP contribution >= 0.6 is 0 Å². The van der Waals surface area contributed by atoms with Gasteiger partial charge in [-0.25, -0.2) is 0 Å². The van der Waals surface area contributed by atoms with E-state index in [4.69, 9.17) is 5.11 Å². The molecule has 6 nitrogen and oxygen atoms in total. The average molecular weight is 292 g/mol. The number of nitrogens with zero attached hydrogens (tertiary/aromatic N) is 1. The number of H-pyrrole nitrogens is 1. The number of ketones is 1. The van der Waals surface area contributed by atoms with Crippen LogP contribution < -0.4 is 0 Å². The largest absolute Gasteiger partial charge is 0.481 e. The molecule has 0 spiro atoms. The number of aliphatic carboxylic acids is 1. The summed E-state index contributed by atoms with van der Waals surface area (Å²) in [6.07, 6.45) is 0.459. The van der Waals surface area contributed by atoms with Crippen LogP contribution in [0.25, 0.3) is 0 Å². The van der Waals surface area contributed by atoms with Crippen LogP contribution in [0.2, 0.25) is 0 Å². The van der Waals surface area contributed by atoms with E-state index in [0.717, 1.165) is 0 Å². The van der Waals surface area contributed by atoms with Gasteiger partial charge in [0.1, 0.15) is 5.69 Å². The number of carbonyl (C=O) groups excluding carboxylic acids is 2. The highest BCUT2D eigenvalue weighted by Gasteiger charge is 2.39. The van der Waals surface area contributed by atoms with E-state index in [2.05, 4.69) is 4.98 Å². The molecule has 0 bridgehead atoms. The second-order valence-corrected chi connectivity index (χ2v) is 5.65. The van der Waals surface area contributed by atoms with E-state index in [9.17, 15) is 14.4 Å². The molecule has 0 aromatic carbocycles. The van der Waals surface area contributed by atoms with Crippen molar-refractivity contribution in [3.63, 3.8) is 0 Å². The standard InChI is InChI=1S/C15H20N2O4/c1-7-12(10(4)18)8(2)16-13(7)14(19)17-6-5-11(9(17)3)15(20)21/h9,11,16H,5-6H2,1-4H3,(H,20,21). The van der Waals surface area contributed by atoms with Crippen molar-refractivity contribution >= 4 is 17.7 Å². The van der Waals surface area contributed by atoms with Crippen LogP contribution in [0.1, 0.15) is 52.4 Å². The molecule has 2 rings (SSSR count). The van der Waals surface area contributed by atoms with E-state index < -0.39 is 11.9 Å². The van der Waals surface area contributed by atoms with Crippen LogP contribution in [0.15, 0.2) is 0 Å². The molecule has 21 heavy (non-hydrogen) atoms. The Hall–Kier alpha value is -2.11. The van der Waals surface area contributed by atoms with Gasteiger partial charge in [-0.2, -0.15) is 0 Å². The van der Waals surface area contributed by atoms with Gasteiger partial charge >= 0.3 is 5.97 Å². The Kier molecular flexibility index (Phi) is 3.89. The van der Waals surface area contributed by atoms with E-state index in [1.807, 2.05) is 0 Å². The smallest absolute Gasteiger partial charge is 0.308 e. The maximum Gasteiger partial charge on any atom is 0.308 e. The third-order valence-corrected chi connectivity index (χ3v) is 4.34. The zero-order valence-electron chi connectivity index (χ0n) is 12.7. The number of Topliss-reactive ketones (excluding diaryl/α,β-unsaturated/α-hetero) is 1. The van der Waals surface area contributed by atoms with E-state index in [-0.39, 0.29) is 17.7 Å². The molecule has 0 aliphatic carbocycles. The summed E-state index contributed by atoms with van der Waals surface area (Å²) < 4.78 is 0. The molecule has 2 atom stereocenters. The van der Waals surface area contributed by atoms with Gasteiger partial charge in [-0.3, -0.25) is 14.4 Å². The lowest BCUT2D eigenvalue weighted by atomic mass is 10.0. The number of nitrogens with one attached hydrogen (secondary N) is 1. The van der Waals surface area contributed by atoms with Crippen molar-refractivity contribution in [2.45, 2.75) is 40.2 Å². The molecule has 2 heterocycles. The monoisotopic (exact) mass is 292 g/mol. The fraction of sp³-hybridized carbons (Fsp3) is 0.533. The number of aryl methyl sites for hydroxylation is 1. The zero-order valence-corrected chi connectivity index (χ0v) is 12.7. The Labute approximate surface area is 123 Å². The Morgan fingerprint density at radius 3 is 2.33 bits per heavy atom. The quantitative estimate of drug-likeness (QED) is 0.831. The molecule has 6 heteroatoms. The van der Waals surface area contributed by atoms with Crippen molar-refractivity contribution in [1.82, 2.24) is 9.88 Å². The Bertz CT molecular complexity index is 617. The first kappa shape index (κ1) is 15.3. The summed E-state index contributed by atoms with van der Waals surface area (Å²) in [5, 5.41) is 9.14. The minimum atomic E-state index is -0.874. The number of carboxylic acid groups (broad SMARTS) is 1. The molecule has 1 aliphatic rings. The van der Waals surface area contributed by atoms with Crippen molar-refractivity contribution in [2.24, 2.45) is 5.92 Å². The Morgan fingerprint density at radius 2 is 1.90 bits per heavy atom. The molecule has 114 valence electrons. The summed E-state index contributed by atoms with van der Waals surface area (Å²) in [5.74, 6) is -1.73. The van der Waals surface area contributed by atoms with Gasteiger partial charge in [0.15, 0.2) is 5.78 Å². The van der Waals surface area contributed by atoms with E-state index in [1.165, 1.54) is 6.92 Å². The first-order chi connectivity index (χ1) is 9.75. The summed E-state index contributed by atoms with van der Waals surface area (Å²) in [6, 6.07) is -0.348. The Morgan fingerprint density at radius 1 is 1.29 bits per heavy atom. The molecule has 2 unspecified atom stereocenters. The van der Waals surface area contributed by atoms with Gasteiger partial charge in [-0.1, -0.05) is 0 Å². The normalized spacial score (nSPS) is 21.6. The Balaban J connectivity index is 2.32. The summed E-state index contributed by atoms with van der Waals surface area (Å²) in [5.41, 5.74) is 2.23. The molecule has 0 saturated carbocycles. The van der Waals surface area contributed by atoms with Gasteiger partial charge in [-0.05, 0) is 39.7 Å². The summed E-state index contributed by atoms with van der Waals surface area (Å²) >= 11 is 0. The van der Waals surface area contributed by atoms with Crippen LogP contribution in [-0.4, -0.2) is 45.2 Å². The number of likely N-dealkylation sites (tertiary alicyclic amines) is 1. The highest BCUT2D eigenvalue weighted by Crippen LogP contribution is 2.28. The lowest BCUT2D eigenvalue weighted by Crippen LogP contribution is -2.38. The molecule has 2 N–H and O–H groups in total. The number of carbonyl (C=O) groups is 3. The van der Waals surface area contributed by atoms with Crippen LogP contribution in [0, 0.1) is 19.8 Å². The zero-order chi connectivity index (χ0) is 15.9. The number of carboxylic acids is 1. The number of rotatable bonds is 3. The van der Waals surface area contributed by atoms with Crippen LogP contribution in [0.3, 0.4) is 0 Å². The first-order valence-electron chi connectivity index (χ1n) is 6.99. The minimum Gasteiger partial charge on any atom is -0.481 e. The van der Waals surface area contributed by atoms with Crippen molar-refractivity contribution < 1.29 is 19.5 Å². The van der Waals surface area contributed by atoms with Crippen molar-refractivity contribution in [1.29, 1.82) is 0 Å². The first-order valence-corrected chi connectivity index (χ1v) is 6.99. The SMILES string of the molecule is CC(=O)c1c(C)[nH]c(C(=O)N2CCC(C(=O)O)C2C)c1C. The van der Waals surface area contributed by atoms with Crippen molar-refractivity contribution in [3.05, 3.63) is 22.5 Å². The third kappa shape index (κ3) is 2.46. The number of aromatic nitrogens is 1. The fourth-order valence-electron chi connectivity index (χ4n) is 3.19. The molecule has 1 saturated heterocycles. The van der Waals surface area contributed by atoms with Gasteiger partial charge in [0.25, 0.3) is 5.91 Å². The highest BCUT2D eigenvalue weighted by atomic mass is 16.4. The second kappa shape index (κ2) is 5.35. The average Bonchev–Trinajstić information content (AvgIpc) is 2.89. The molecule has 1 aromatic heterocycles. The summed E-state index contributed by atoms with van der Waals surface area (Å²) in [4.78, 5) is 39.9. The van der Waals surface area contributed by atoms with E-state index in [1.54, 1.807) is 25.7 Å². The molecular formula is C15H20N2O4. The number of amides is 1. The van der Waals surface area contributed by atoms with Gasteiger partial charge in [0.2, 0.25) is 0 Å². The molecular weight excluding hydrogens is 272 g/mol. The van der Waals surface area contributed by atoms with Gasteiger partial charge in [0, 0.05) is 23.8 Å². The second-order valence-electron chi connectivity index (χ2n) is 5.65. The highest BCUT2D eigenvalue weighted by molar-refractivity contribution is 6.02. The maximum atomic E-state index is 12.6. The summed E-state index contributed by atoms with van der Waals surface area (Å²) in [7, 11) is 0. The predicted octanol–water partition coefficient (Wildman–Crippen LogP) is 1.77. The number of aromatic amines is 1.